The van der Waals surface area contributed by atoms with Gasteiger partial charge in [-0.05, 0) is 43.1 Å². The summed E-state index contributed by atoms with van der Waals surface area (Å²) in [5, 5.41) is 8.41. The van der Waals surface area contributed by atoms with Crippen molar-refractivity contribution in [3.8, 4) is 5.75 Å². The van der Waals surface area contributed by atoms with Gasteiger partial charge >= 0.3 is 6.03 Å². The van der Waals surface area contributed by atoms with Crippen LogP contribution in [0.25, 0.3) is 0 Å². The fourth-order valence-corrected chi connectivity index (χ4v) is 4.53. The molecule has 1 aromatic carbocycles. The summed E-state index contributed by atoms with van der Waals surface area (Å²) in [6.45, 7) is 1.87. The lowest BCUT2D eigenvalue weighted by Gasteiger charge is -2.29. The van der Waals surface area contributed by atoms with E-state index in [0.717, 1.165) is 42.7 Å². The number of aryl methyl sites for hydroxylation is 1. The van der Waals surface area contributed by atoms with Gasteiger partial charge in [0.1, 0.15) is 17.3 Å². The minimum absolute atomic E-state index is 0.0276. The van der Waals surface area contributed by atoms with Crippen LogP contribution < -0.4 is 20.7 Å². The van der Waals surface area contributed by atoms with E-state index >= 15 is 0 Å². The second-order valence-corrected chi connectivity index (χ2v) is 8.19. The number of carbonyl (C=O) groups is 3. The highest BCUT2D eigenvalue weighted by atomic mass is 16.5. The maximum atomic E-state index is 13.1. The van der Waals surface area contributed by atoms with Crippen LogP contribution in [0.3, 0.4) is 0 Å². The van der Waals surface area contributed by atoms with Gasteiger partial charge < -0.3 is 24.7 Å². The topological polar surface area (TPSA) is 113 Å². The van der Waals surface area contributed by atoms with Crippen LogP contribution in [0.2, 0.25) is 0 Å². The standard InChI is InChI=1S/C22H24N4O5/c1-30-15-6-5-13-11-26(19(27)16(13)9-15)12-22(20(28)24-21(29)25-22)18-8-14-10-23-7-3-2-4-17(14)31-18/h5-6,8-9,23H,2-4,7,10-12H2,1H3,(H2,24,25,28,29)/t22-/m0/s1. The van der Waals surface area contributed by atoms with Gasteiger partial charge in [-0.3, -0.25) is 14.9 Å². The molecule has 0 spiro atoms. The van der Waals surface area contributed by atoms with Gasteiger partial charge in [0, 0.05) is 30.6 Å². The van der Waals surface area contributed by atoms with Gasteiger partial charge in [-0.1, -0.05) is 6.07 Å². The number of methoxy groups -OCH3 is 1. The van der Waals surface area contributed by atoms with E-state index in [1.807, 2.05) is 12.1 Å². The molecule has 1 fully saturated rings. The van der Waals surface area contributed by atoms with E-state index in [-0.39, 0.29) is 12.5 Å². The lowest BCUT2D eigenvalue weighted by Crippen LogP contribution is -2.52. The van der Waals surface area contributed by atoms with Crippen LogP contribution in [0.4, 0.5) is 4.79 Å². The van der Waals surface area contributed by atoms with Crippen molar-refractivity contribution in [2.24, 2.45) is 0 Å². The summed E-state index contributed by atoms with van der Waals surface area (Å²) in [6.07, 6.45) is 2.79. The van der Waals surface area contributed by atoms with Crippen LogP contribution >= 0.6 is 0 Å². The zero-order chi connectivity index (χ0) is 21.6. The van der Waals surface area contributed by atoms with Crippen molar-refractivity contribution < 1.29 is 23.5 Å². The zero-order valence-corrected chi connectivity index (χ0v) is 17.2. The van der Waals surface area contributed by atoms with Gasteiger partial charge in [-0.25, -0.2) is 4.79 Å². The number of benzene rings is 1. The number of furan rings is 1. The average molecular weight is 424 g/mol. The number of carbonyl (C=O) groups excluding carboxylic acids is 3. The van der Waals surface area contributed by atoms with Crippen molar-refractivity contribution in [3.63, 3.8) is 0 Å². The van der Waals surface area contributed by atoms with Crippen molar-refractivity contribution in [2.45, 2.75) is 37.9 Å². The molecule has 1 saturated heterocycles. The van der Waals surface area contributed by atoms with E-state index in [1.165, 1.54) is 0 Å². The molecule has 162 valence electrons. The number of imide groups is 1. The maximum absolute atomic E-state index is 13.1. The fourth-order valence-electron chi connectivity index (χ4n) is 4.53. The van der Waals surface area contributed by atoms with Crippen molar-refractivity contribution >= 4 is 17.8 Å². The van der Waals surface area contributed by atoms with Crippen molar-refractivity contribution in [2.75, 3.05) is 20.2 Å². The molecule has 0 saturated carbocycles. The number of hydrogen-bond acceptors (Lipinski definition) is 6. The minimum atomic E-state index is -1.47. The van der Waals surface area contributed by atoms with Crippen molar-refractivity contribution in [1.82, 2.24) is 20.9 Å². The first-order valence-corrected chi connectivity index (χ1v) is 10.4. The number of rotatable bonds is 4. The number of ether oxygens (including phenoxy) is 1. The lowest BCUT2D eigenvalue weighted by molar-refractivity contribution is -0.125. The third-order valence-corrected chi connectivity index (χ3v) is 6.21. The molecule has 31 heavy (non-hydrogen) atoms. The molecule has 0 aliphatic carbocycles. The van der Waals surface area contributed by atoms with Crippen molar-refractivity contribution in [1.29, 1.82) is 0 Å². The Morgan fingerprint density at radius 1 is 1.16 bits per heavy atom. The molecule has 3 aliphatic rings. The van der Waals surface area contributed by atoms with Crippen LogP contribution in [0.15, 0.2) is 28.7 Å². The first kappa shape index (κ1) is 19.6. The molecule has 4 amide bonds. The smallest absolute Gasteiger partial charge is 0.322 e. The Labute approximate surface area is 179 Å². The predicted molar refractivity (Wildman–Crippen MR) is 109 cm³/mol. The molecule has 9 heteroatoms. The number of nitrogens with one attached hydrogen (secondary N) is 3. The van der Waals surface area contributed by atoms with Crippen LogP contribution in [0, 0.1) is 0 Å². The molecular weight excluding hydrogens is 400 g/mol. The van der Waals surface area contributed by atoms with Crippen LogP contribution in [-0.4, -0.2) is 42.9 Å². The van der Waals surface area contributed by atoms with E-state index < -0.39 is 17.5 Å². The summed E-state index contributed by atoms with van der Waals surface area (Å²) >= 11 is 0. The summed E-state index contributed by atoms with van der Waals surface area (Å²) in [6, 6.07) is 6.57. The normalized spacial score (nSPS) is 23.0. The van der Waals surface area contributed by atoms with Gasteiger partial charge in [0.05, 0.1) is 13.7 Å². The Kier molecular flexibility index (Phi) is 4.70. The Balaban J connectivity index is 1.49. The molecule has 0 unspecified atom stereocenters. The summed E-state index contributed by atoms with van der Waals surface area (Å²) < 4.78 is 11.4. The molecule has 3 N–H and O–H groups in total. The molecule has 2 aromatic rings. The second-order valence-electron chi connectivity index (χ2n) is 8.19. The number of amides is 4. The van der Waals surface area contributed by atoms with Crippen LogP contribution in [-0.2, 0) is 29.8 Å². The van der Waals surface area contributed by atoms with Gasteiger partial charge in [0.2, 0.25) is 0 Å². The van der Waals surface area contributed by atoms with E-state index in [9.17, 15) is 14.4 Å². The number of urea groups is 1. The highest BCUT2D eigenvalue weighted by molar-refractivity contribution is 6.08. The van der Waals surface area contributed by atoms with E-state index in [1.54, 1.807) is 24.1 Å². The second kappa shape index (κ2) is 7.42. The largest absolute Gasteiger partial charge is 0.497 e. The molecule has 3 aliphatic heterocycles. The molecule has 9 nitrogen and oxygen atoms in total. The molecular formula is C22H24N4O5. The summed E-state index contributed by atoms with van der Waals surface area (Å²) in [4.78, 5) is 39.8. The fraction of sp³-hybridized carbons (Fsp3) is 0.409. The minimum Gasteiger partial charge on any atom is -0.497 e. The number of fused-ring (bicyclic) bond motifs is 2. The highest BCUT2D eigenvalue weighted by Crippen LogP contribution is 2.34. The van der Waals surface area contributed by atoms with E-state index in [2.05, 4.69) is 16.0 Å². The van der Waals surface area contributed by atoms with Gasteiger partial charge in [-0.2, -0.15) is 0 Å². The number of nitrogens with zero attached hydrogens (tertiary/aromatic N) is 1. The molecule has 0 bridgehead atoms. The third-order valence-electron chi connectivity index (χ3n) is 6.21. The number of hydrogen-bond donors (Lipinski definition) is 3. The zero-order valence-electron chi connectivity index (χ0n) is 17.2. The maximum Gasteiger partial charge on any atom is 0.322 e. The summed E-state index contributed by atoms with van der Waals surface area (Å²) in [5.41, 5.74) is 0.889. The summed E-state index contributed by atoms with van der Waals surface area (Å²) in [5.74, 6) is 1.03. The SMILES string of the molecule is COc1ccc2c(c1)C(=O)N(C[C@@]1(c3cc4c(o3)CCCCNC4)NC(=O)NC1=O)C2. The van der Waals surface area contributed by atoms with Crippen LogP contribution in [0.5, 0.6) is 5.75 Å². The predicted octanol–water partition coefficient (Wildman–Crippen LogP) is 1.40. The first-order valence-electron chi connectivity index (χ1n) is 10.4. The third kappa shape index (κ3) is 3.25. The molecule has 1 atom stereocenters. The van der Waals surface area contributed by atoms with E-state index in [4.69, 9.17) is 9.15 Å². The van der Waals surface area contributed by atoms with Gasteiger partial charge in [0.25, 0.3) is 11.8 Å². The van der Waals surface area contributed by atoms with Gasteiger partial charge in [-0.15, -0.1) is 0 Å². The Morgan fingerprint density at radius 3 is 2.81 bits per heavy atom. The molecule has 4 heterocycles. The Bertz CT molecular complexity index is 1050. The molecule has 5 rings (SSSR count). The summed E-state index contributed by atoms with van der Waals surface area (Å²) in [7, 11) is 1.55. The molecule has 0 radical (unpaired) electrons. The molecule has 1 aromatic heterocycles. The Hall–Kier alpha value is -3.33. The highest BCUT2D eigenvalue weighted by Gasteiger charge is 2.53. The van der Waals surface area contributed by atoms with Gasteiger partial charge in [0.15, 0.2) is 5.54 Å². The first-order chi connectivity index (χ1) is 15.0. The quantitative estimate of drug-likeness (QED) is 0.640. The average Bonchev–Trinajstić information content (AvgIpc) is 3.36. The van der Waals surface area contributed by atoms with Crippen molar-refractivity contribution in [3.05, 3.63) is 52.5 Å². The van der Waals surface area contributed by atoms with E-state index in [0.29, 0.717) is 30.2 Å². The lowest BCUT2D eigenvalue weighted by atomic mass is 9.94. The Morgan fingerprint density at radius 2 is 2.03 bits per heavy atom. The monoisotopic (exact) mass is 424 g/mol. The van der Waals surface area contributed by atoms with Crippen LogP contribution in [0.1, 0.15) is 45.8 Å².